The second kappa shape index (κ2) is 8.67. The molecule has 0 aromatic heterocycles. The summed E-state index contributed by atoms with van der Waals surface area (Å²) in [5.41, 5.74) is 0.874. The van der Waals surface area contributed by atoms with Gasteiger partial charge in [-0.3, -0.25) is 4.79 Å². The van der Waals surface area contributed by atoms with Crippen LogP contribution in [0, 0.1) is 6.92 Å². The molecule has 30 heavy (non-hydrogen) atoms. The first-order valence-corrected chi connectivity index (χ1v) is 10.1. The number of halogens is 4. The Morgan fingerprint density at radius 1 is 1.17 bits per heavy atom. The maximum absolute atomic E-state index is 13.1. The summed E-state index contributed by atoms with van der Waals surface area (Å²) >= 11 is 3.03. The van der Waals surface area contributed by atoms with E-state index in [2.05, 4.69) is 21.2 Å². The van der Waals surface area contributed by atoms with Crippen molar-refractivity contribution in [1.29, 1.82) is 0 Å². The van der Waals surface area contributed by atoms with Gasteiger partial charge in [0, 0.05) is 35.1 Å². The number of hydrogen-bond acceptors (Lipinski definition) is 2. The van der Waals surface area contributed by atoms with Crippen LogP contribution in [0.15, 0.2) is 46.9 Å². The molecule has 3 rings (SSSR count). The quantitative estimate of drug-likeness (QED) is 0.640. The molecule has 1 heterocycles. The summed E-state index contributed by atoms with van der Waals surface area (Å²) in [6, 6.07) is 10.2. The van der Waals surface area contributed by atoms with Gasteiger partial charge < -0.3 is 15.3 Å². The van der Waals surface area contributed by atoms with Crippen molar-refractivity contribution in [3.63, 3.8) is 0 Å². The predicted octanol–water partition coefficient (Wildman–Crippen LogP) is 5.04. The lowest BCUT2D eigenvalue weighted by atomic mass is 9.85. The number of piperidine rings is 1. The van der Waals surface area contributed by atoms with Crippen LogP contribution in [0.4, 0.5) is 18.0 Å². The van der Waals surface area contributed by atoms with E-state index in [9.17, 15) is 27.9 Å². The molecule has 0 spiro atoms. The van der Waals surface area contributed by atoms with Gasteiger partial charge in [0.25, 0.3) is 5.91 Å². The van der Waals surface area contributed by atoms with E-state index in [1.165, 1.54) is 11.0 Å². The van der Waals surface area contributed by atoms with Gasteiger partial charge in [-0.15, -0.1) is 0 Å². The maximum Gasteiger partial charge on any atom is 0.416 e. The minimum Gasteiger partial charge on any atom is -0.465 e. The van der Waals surface area contributed by atoms with Crippen LogP contribution in [-0.2, 0) is 6.18 Å². The molecule has 2 aromatic rings. The van der Waals surface area contributed by atoms with E-state index in [1.807, 2.05) is 31.2 Å². The van der Waals surface area contributed by atoms with Crippen LogP contribution in [0.1, 0.15) is 39.4 Å². The normalized spacial score (nSPS) is 19.4. The second-order valence-corrected chi connectivity index (χ2v) is 8.26. The fourth-order valence-electron chi connectivity index (χ4n) is 3.59. The first-order valence-electron chi connectivity index (χ1n) is 9.27. The number of carboxylic acid groups (broad SMARTS) is 1. The van der Waals surface area contributed by atoms with Gasteiger partial charge in [-0.1, -0.05) is 45.8 Å². The zero-order valence-electron chi connectivity index (χ0n) is 16.0. The Bertz CT molecular complexity index is 948. The Balaban J connectivity index is 1.86. The number of nitrogens with one attached hydrogen (secondary N) is 1. The zero-order chi connectivity index (χ0) is 22.1. The number of nitrogens with zero attached hydrogens (tertiary/aromatic N) is 1. The molecule has 0 unspecified atom stereocenters. The first-order chi connectivity index (χ1) is 14.0. The Labute approximate surface area is 180 Å². The number of carbonyl (C=O) groups excluding carboxylic acids is 1. The van der Waals surface area contributed by atoms with E-state index in [1.54, 1.807) is 0 Å². The van der Waals surface area contributed by atoms with E-state index in [0.717, 1.165) is 23.3 Å². The Morgan fingerprint density at radius 3 is 2.43 bits per heavy atom. The molecular formula is C21H20BrF3N2O3. The number of likely N-dealkylation sites (tertiary alicyclic amines) is 1. The highest BCUT2D eigenvalue weighted by Crippen LogP contribution is 2.33. The Hall–Kier alpha value is -2.55. The maximum atomic E-state index is 13.1. The SMILES string of the molecule is Cc1ccc([C@@H]2CN(C(=O)O)CC[C@H]2NC(=O)c2cc(Br)cc(C(F)(F)F)c2)cc1. The van der Waals surface area contributed by atoms with Gasteiger partial charge in [0.1, 0.15) is 0 Å². The molecule has 5 nitrogen and oxygen atoms in total. The summed E-state index contributed by atoms with van der Waals surface area (Å²) in [6.45, 7) is 2.35. The minimum atomic E-state index is -4.57. The average molecular weight is 485 g/mol. The van der Waals surface area contributed by atoms with Crippen LogP contribution in [0.25, 0.3) is 0 Å². The summed E-state index contributed by atoms with van der Waals surface area (Å²) in [5, 5.41) is 12.2. The molecule has 160 valence electrons. The lowest BCUT2D eigenvalue weighted by molar-refractivity contribution is -0.137. The van der Waals surface area contributed by atoms with Gasteiger partial charge in [0.15, 0.2) is 0 Å². The van der Waals surface area contributed by atoms with E-state index >= 15 is 0 Å². The Kier molecular flexibility index (Phi) is 6.40. The highest BCUT2D eigenvalue weighted by molar-refractivity contribution is 9.10. The highest BCUT2D eigenvalue weighted by atomic mass is 79.9. The summed E-state index contributed by atoms with van der Waals surface area (Å²) in [5.74, 6) is -0.943. The topological polar surface area (TPSA) is 69.6 Å². The van der Waals surface area contributed by atoms with Crippen molar-refractivity contribution in [2.75, 3.05) is 13.1 Å². The van der Waals surface area contributed by atoms with E-state index < -0.39 is 29.8 Å². The number of alkyl halides is 3. The lowest BCUT2D eigenvalue weighted by Crippen LogP contribution is -2.51. The molecule has 0 aliphatic carbocycles. The van der Waals surface area contributed by atoms with Gasteiger partial charge in [0.2, 0.25) is 0 Å². The number of carbonyl (C=O) groups is 2. The van der Waals surface area contributed by atoms with Gasteiger partial charge >= 0.3 is 12.3 Å². The van der Waals surface area contributed by atoms with Crippen molar-refractivity contribution in [3.8, 4) is 0 Å². The minimum absolute atomic E-state index is 0.111. The van der Waals surface area contributed by atoms with Crippen molar-refractivity contribution < 1.29 is 27.9 Å². The molecule has 1 aliphatic heterocycles. The lowest BCUT2D eigenvalue weighted by Gasteiger charge is -2.38. The van der Waals surface area contributed by atoms with Crippen molar-refractivity contribution in [2.45, 2.75) is 31.5 Å². The van der Waals surface area contributed by atoms with E-state index in [-0.39, 0.29) is 29.0 Å². The van der Waals surface area contributed by atoms with Crippen molar-refractivity contribution in [3.05, 3.63) is 69.2 Å². The third-order valence-corrected chi connectivity index (χ3v) is 5.65. The predicted molar refractivity (Wildman–Crippen MR) is 109 cm³/mol. The second-order valence-electron chi connectivity index (χ2n) is 7.34. The largest absolute Gasteiger partial charge is 0.465 e. The summed E-state index contributed by atoms with van der Waals surface area (Å²) in [4.78, 5) is 25.5. The van der Waals surface area contributed by atoms with Crippen LogP contribution in [0.3, 0.4) is 0 Å². The fraction of sp³-hybridized carbons (Fsp3) is 0.333. The van der Waals surface area contributed by atoms with Gasteiger partial charge in [-0.25, -0.2) is 4.79 Å². The van der Waals surface area contributed by atoms with Gasteiger partial charge in [0.05, 0.1) is 5.56 Å². The zero-order valence-corrected chi connectivity index (χ0v) is 17.6. The third kappa shape index (κ3) is 5.13. The number of rotatable bonds is 3. The monoisotopic (exact) mass is 484 g/mol. The van der Waals surface area contributed by atoms with Crippen molar-refractivity contribution in [2.24, 2.45) is 0 Å². The molecule has 9 heteroatoms. The number of hydrogen-bond donors (Lipinski definition) is 2. The molecule has 1 saturated heterocycles. The fourth-order valence-corrected chi connectivity index (χ4v) is 4.08. The number of aryl methyl sites for hydroxylation is 1. The molecule has 2 N–H and O–H groups in total. The third-order valence-electron chi connectivity index (χ3n) is 5.19. The van der Waals surface area contributed by atoms with E-state index in [0.29, 0.717) is 6.42 Å². The number of amides is 2. The summed E-state index contributed by atoms with van der Waals surface area (Å²) in [7, 11) is 0. The molecular weight excluding hydrogens is 465 g/mol. The molecule has 1 aliphatic rings. The van der Waals surface area contributed by atoms with Crippen molar-refractivity contribution in [1.82, 2.24) is 10.2 Å². The van der Waals surface area contributed by atoms with Crippen LogP contribution in [0.2, 0.25) is 0 Å². The van der Waals surface area contributed by atoms with Crippen molar-refractivity contribution >= 4 is 27.9 Å². The molecule has 0 saturated carbocycles. The van der Waals surface area contributed by atoms with Gasteiger partial charge in [-0.05, 0) is 37.1 Å². The van der Waals surface area contributed by atoms with Crippen LogP contribution in [0.5, 0.6) is 0 Å². The van der Waals surface area contributed by atoms with E-state index in [4.69, 9.17) is 0 Å². The highest BCUT2D eigenvalue weighted by Gasteiger charge is 2.35. The summed E-state index contributed by atoms with van der Waals surface area (Å²) in [6.07, 6.45) is -5.26. The molecule has 2 aromatic carbocycles. The standard InChI is InChI=1S/C21H20BrF3N2O3/c1-12-2-4-13(5-3-12)17-11-27(20(29)30)7-6-18(17)26-19(28)14-8-15(21(23,24)25)10-16(22)9-14/h2-5,8-10,17-18H,6-7,11H2,1H3,(H,26,28)(H,29,30)/t17-,18+/m0/s1. The van der Waals surface area contributed by atoms with Crippen LogP contribution in [-0.4, -0.2) is 41.1 Å². The smallest absolute Gasteiger partial charge is 0.416 e. The number of benzene rings is 2. The molecule has 2 atom stereocenters. The summed E-state index contributed by atoms with van der Waals surface area (Å²) < 4.78 is 39.4. The average Bonchev–Trinajstić information content (AvgIpc) is 2.67. The van der Waals surface area contributed by atoms with Crippen LogP contribution < -0.4 is 5.32 Å². The van der Waals surface area contributed by atoms with Crippen LogP contribution >= 0.6 is 15.9 Å². The molecule has 0 bridgehead atoms. The molecule has 0 radical (unpaired) electrons. The van der Waals surface area contributed by atoms with Gasteiger partial charge in [-0.2, -0.15) is 13.2 Å². The molecule has 2 amide bonds. The Morgan fingerprint density at radius 2 is 1.83 bits per heavy atom. The first kappa shape index (κ1) is 22.1. The molecule has 1 fully saturated rings.